The lowest BCUT2D eigenvalue weighted by Crippen LogP contribution is -2.84. The third-order valence-corrected chi connectivity index (χ3v) is 3.24. The van der Waals surface area contributed by atoms with Crippen LogP contribution in [0.5, 0.6) is 0 Å². The molecule has 4 nitrogen and oxygen atoms in total. The van der Waals surface area contributed by atoms with E-state index in [-0.39, 0.29) is 4.90 Å². The van der Waals surface area contributed by atoms with Crippen molar-refractivity contribution >= 4 is 22.9 Å². The van der Waals surface area contributed by atoms with Gasteiger partial charge in [0.25, 0.3) is 0 Å². The minimum Gasteiger partial charge on any atom is -0.166 e. The van der Waals surface area contributed by atoms with E-state index in [0.717, 1.165) is 0 Å². The van der Waals surface area contributed by atoms with Crippen molar-refractivity contribution in [1.29, 1.82) is 0 Å². The van der Waals surface area contributed by atoms with Gasteiger partial charge in [0.05, 0.1) is 0 Å². The molecule has 0 aliphatic carbocycles. The average Bonchev–Trinajstić information content (AvgIpc) is 2.04. The maximum Gasteiger partial charge on any atom is 0.355 e. The maximum atomic E-state index is 11.4. The number of hydrogen-bond acceptors (Lipinski definition) is 4. The summed E-state index contributed by atoms with van der Waals surface area (Å²) < 4.78 is 27.0. The summed E-state index contributed by atoms with van der Waals surface area (Å²) in [6.07, 6.45) is 0. The Labute approximate surface area is 82.5 Å². The highest BCUT2D eigenvalue weighted by Gasteiger charge is 2.19. The highest BCUT2D eigenvalue weighted by Crippen LogP contribution is 2.10. The summed E-state index contributed by atoms with van der Waals surface area (Å²) in [5.41, 5.74) is 0.684. The Kier molecular flexibility index (Phi) is 3.32. The topological polar surface area (TPSA) is 60.0 Å². The monoisotopic (exact) mass is 220 g/mol. The molecule has 0 aliphatic rings. The van der Waals surface area contributed by atoms with E-state index in [1.165, 1.54) is 6.07 Å². The second-order valence-electron chi connectivity index (χ2n) is 2.51. The molecule has 0 saturated carbocycles. The molecule has 6 heteroatoms. The molecule has 0 aromatic heterocycles. The molecule has 13 heavy (non-hydrogen) atoms. The third-order valence-electron chi connectivity index (χ3n) is 1.57. The summed E-state index contributed by atoms with van der Waals surface area (Å²) in [6, 6.07) is 6.68. The zero-order valence-corrected chi connectivity index (χ0v) is 8.68. The molecule has 0 bridgehead atoms. The standard InChI is InChI=1S/C7H9NO3S2/c1-6-4-2-3-5-7(6)13(9,10)8-11-12/h2-5,8,12H,1H3/p+1. The van der Waals surface area contributed by atoms with Crippen LogP contribution in [0, 0.1) is 6.92 Å². The number of nitrogens with two attached hydrogens (primary N) is 1. The number of primary sulfonamides is 1. The van der Waals surface area contributed by atoms with Crippen LogP contribution in [0.25, 0.3) is 0 Å². The van der Waals surface area contributed by atoms with Gasteiger partial charge in [-0.1, -0.05) is 23.1 Å². The molecular weight excluding hydrogens is 210 g/mol. The van der Waals surface area contributed by atoms with Gasteiger partial charge in [0.15, 0.2) is 0 Å². The van der Waals surface area contributed by atoms with Crippen LogP contribution < -0.4 is 4.89 Å². The Morgan fingerprint density at radius 1 is 1.38 bits per heavy atom. The van der Waals surface area contributed by atoms with E-state index < -0.39 is 10.0 Å². The maximum absolute atomic E-state index is 11.4. The lowest BCUT2D eigenvalue weighted by molar-refractivity contribution is -0.730. The predicted octanol–water partition coefficient (Wildman–Crippen LogP) is 0.0235. The highest BCUT2D eigenvalue weighted by atomic mass is 32.2. The first-order valence-corrected chi connectivity index (χ1v) is 5.43. The normalized spacial score (nSPS) is 11.5. The number of quaternary nitrogens is 1. The molecule has 0 aliphatic heterocycles. The molecule has 0 spiro atoms. The summed E-state index contributed by atoms with van der Waals surface area (Å²) in [5.74, 6) is 0. The fourth-order valence-corrected chi connectivity index (χ4v) is 2.33. The van der Waals surface area contributed by atoms with Crippen LogP contribution in [0.15, 0.2) is 29.2 Å². The van der Waals surface area contributed by atoms with Gasteiger partial charge in [-0.15, -0.1) is 4.28 Å². The number of hydrogen-bond donors (Lipinski definition) is 2. The number of aryl methyl sites for hydroxylation is 1. The SMILES string of the molecule is Cc1ccccc1S(=O)(=O)[NH2+]OS. The summed E-state index contributed by atoms with van der Waals surface area (Å²) in [4.78, 5) is 0.947. The molecule has 0 radical (unpaired) electrons. The van der Waals surface area contributed by atoms with E-state index in [1.54, 1.807) is 25.1 Å². The van der Waals surface area contributed by atoms with Gasteiger partial charge in [-0.25, -0.2) is 0 Å². The summed E-state index contributed by atoms with van der Waals surface area (Å²) in [7, 11) is -3.46. The fourth-order valence-electron chi connectivity index (χ4n) is 0.984. The number of thiol groups is 1. The molecule has 0 unspecified atom stereocenters. The van der Waals surface area contributed by atoms with Crippen molar-refractivity contribution in [3.63, 3.8) is 0 Å². The summed E-state index contributed by atoms with van der Waals surface area (Å²) in [5, 5.41) is 0. The van der Waals surface area contributed by atoms with Crippen LogP contribution in [-0.2, 0) is 14.3 Å². The number of rotatable bonds is 3. The number of sulfonamides is 1. The summed E-state index contributed by atoms with van der Waals surface area (Å²) in [6.45, 7) is 1.72. The molecule has 1 aromatic carbocycles. The number of benzene rings is 1. The highest BCUT2D eigenvalue weighted by molar-refractivity contribution is 7.85. The molecule has 0 atom stereocenters. The van der Waals surface area contributed by atoms with E-state index in [0.29, 0.717) is 10.4 Å². The smallest absolute Gasteiger partial charge is 0.166 e. The molecule has 0 amide bonds. The van der Waals surface area contributed by atoms with Gasteiger partial charge in [0.2, 0.25) is 0 Å². The van der Waals surface area contributed by atoms with Crippen LogP contribution in [0.2, 0.25) is 0 Å². The van der Waals surface area contributed by atoms with Gasteiger partial charge in [-0.05, 0) is 18.6 Å². The van der Waals surface area contributed by atoms with Crippen LogP contribution in [-0.4, -0.2) is 8.42 Å². The van der Waals surface area contributed by atoms with E-state index in [4.69, 9.17) is 0 Å². The van der Waals surface area contributed by atoms with Crippen molar-refractivity contribution in [1.82, 2.24) is 0 Å². The second kappa shape index (κ2) is 4.10. The van der Waals surface area contributed by atoms with Crippen molar-refractivity contribution in [3.8, 4) is 0 Å². The molecule has 1 rings (SSSR count). The van der Waals surface area contributed by atoms with Crippen LogP contribution >= 0.6 is 12.9 Å². The molecular formula is C7H10NO3S2+. The van der Waals surface area contributed by atoms with Gasteiger partial charge < -0.3 is 0 Å². The van der Waals surface area contributed by atoms with Gasteiger partial charge in [0, 0.05) is 12.9 Å². The first-order chi connectivity index (χ1) is 6.08. The summed E-state index contributed by atoms with van der Waals surface area (Å²) >= 11 is 3.36. The van der Waals surface area contributed by atoms with Gasteiger partial charge in [-0.3, -0.25) is 0 Å². The Balaban J connectivity index is 3.15. The van der Waals surface area contributed by atoms with Crippen LogP contribution in [0.3, 0.4) is 0 Å². The zero-order chi connectivity index (χ0) is 9.90. The van der Waals surface area contributed by atoms with E-state index >= 15 is 0 Å². The fraction of sp³-hybridized carbons (Fsp3) is 0.143. The zero-order valence-electron chi connectivity index (χ0n) is 6.97. The van der Waals surface area contributed by atoms with Crippen molar-refractivity contribution in [2.75, 3.05) is 0 Å². The molecule has 1 aromatic rings. The minimum atomic E-state index is -3.46. The molecule has 2 N–H and O–H groups in total. The van der Waals surface area contributed by atoms with Crippen molar-refractivity contribution < 1.29 is 17.6 Å². The Bertz CT molecular complexity index is 388. The second-order valence-corrected chi connectivity index (χ2v) is 4.45. The molecule has 0 saturated heterocycles. The van der Waals surface area contributed by atoms with Crippen LogP contribution in [0.1, 0.15) is 5.56 Å². The first-order valence-electron chi connectivity index (χ1n) is 3.52. The van der Waals surface area contributed by atoms with Gasteiger partial charge in [0.1, 0.15) is 4.90 Å². The van der Waals surface area contributed by atoms with Gasteiger partial charge in [-0.2, -0.15) is 8.42 Å². The Hall–Kier alpha value is -0.560. The van der Waals surface area contributed by atoms with E-state index in [1.807, 2.05) is 0 Å². The largest absolute Gasteiger partial charge is 0.355 e. The van der Waals surface area contributed by atoms with Gasteiger partial charge >= 0.3 is 10.0 Å². The third kappa shape index (κ3) is 2.44. The molecule has 72 valence electrons. The predicted molar refractivity (Wildman–Crippen MR) is 50.4 cm³/mol. The van der Waals surface area contributed by atoms with E-state index in [9.17, 15) is 8.42 Å². The Morgan fingerprint density at radius 2 is 2.00 bits per heavy atom. The average molecular weight is 220 g/mol. The minimum absolute atomic E-state index is 0.240. The lowest BCUT2D eigenvalue weighted by atomic mass is 10.2. The van der Waals surface area contributed by atoms with Crippen molar-refractivity contribution in [2.24, 2.45) is 0 Å². The quantitative estimate of drug-likeness (QED) is 0.429. The van der Waals surface area contributed by atoms with Crippen molar-refractivity contribution in [3.05, 3.63) is 29.8 Å². The Morgan fingerprint density at radius 3 is 2.54 bits per heavy atom. The van der Waals surface area contributed by atoms with Crippen LogP contribution in [0.4, 0.5) is 0 Å². The molecule has 0 fully saturated rings. The molecule has 0 heterocycles. The van der Waals surface area contributed by atoms with Crippen molar-refractivity contribution in [2.45, 2.75) is 11.8 Å². The van der Waals surface area contributed by atoms with E-state index in [2.05, 4.69) is 17.2 Å². The lowest BCUT2D eigenvalue weighted by Gasteiger charge is -2.01. The first kappa shape index (κ1) is 10.5.